The molecule has 26 heavy (non-hydrogen) atoms. The normalized spacial score (nSPS) is 17.0. The van der Waals surface area contributed by atoms with E-state index in [9.17, 15) is 9.59 Å². The number of carbonyl (C=O) groups excluding carboxylic acids is 2. The summed E-state index contributed by atoms with van der Waals surface area (Å²) in [5.74, 6) is -0.847. The number of rotatable bonds is 6. The molecule has 1 aliphatic rings. The Balaban J connectivity index is 1.76. The van der Waals surface area contributed by atoms with E-state index in [-0.39, 0.29) is 18.5 Å². The molecule has 2 amide bonds. The monoisotopic (exact) mass is 354 g/mol. The molecule has 0 bridgehead atoms. The molecule has 1 aromatic heterocycles. The van der Waals surface area contributed by atoms with Gasteiger partial charge in [0.15, 0.2) is 0 Å². The van der Waals surface area contributed by atoms with Crippen molar-refractivity contribution in [1.29, 1.82) is 0 Å². The van der Waals surface area contributed by atoms with Gasteiger partial charge in [-0.3, -0.25) is 25.1 Å². The van der Waals surface area contributed by atoms with Gasteiger partial charge < -0.3 is 5.32 Å². The lowest BCUT2D eigenvalue weighted by Crippen LogP contribution is -2.43. The molecule has 2 aromatic rings. The van der Waals surface area contributed by atoms with Crippen molar-refractivity contribution >= 4 is 11.8 Å². The number of benzene rings is 1. The Bertz CT molecular complexity index is 766. The molecule has 0 radical (unpaired) electrons. The predicted molar refractivity (Wildman–Crippen MR) is 95.2 cm³/mol. The third-order valence-electron chi connectivity index (χ3n) is 4.56. The Hall–Kier alpha value is -2.77. The molecule has 0 fully saturated rings. The molecular formula is C19H22N4O3. The molecule has 7 heteroatoms. The SMILES string of the molecule is O=C(CNC(C(=O)NC1CCCc2ccccc21)c1cccnc1)NO. The zero-order valence-corrected chi connectivity index (χ0v) is 14.3. The smallest absolute Gasteiger partial charge is 0.257 e. The average molecular weight is 354 g/mol. The number of pyridine rings is 1. The number of nitrogens with one attached hydrogen (secondary N) is 3. The van der Waals surface area contributed by atoms with Gasteiger partial charge >= 0.3 is 0 Å². The van der Waals surface area contributed by atoms with Gasteiger partial charge in [-0.1, -0.05) is 30.3 Å². The summed E-state index contributed by atoms with van der Waals surface area (Å²) in [6.45, 7) is -0.190. The third kappa shape index (κ3) is 4.25. The Morgan fingerprint density at radius 3 is 2.85 bits per heavy atom. The van der Waals surface area contributed by atoms with Crippen LogP contribution >= 0.6 is 0 Å². The minimum absolute atomic E-state index is 0.0555. The topological polar surface area (TPSA) is 103 Å². The summed E-state index contributed by atoms with van der Waals surface area (Å²) in [5, 5.41) is 14.6. The fourth-order valence-electron chi connectivity index (χ4n) is 3.30. The minimum Gasteiger partial charge on any atom is -0.348 e. The predicted octanol–water partition coefficient (Wildman–Crippen LogP) is 1.41. The summed E-state index contributed by atoms with van der Waals surface area (Å²) in [5.41, 5.74) is 4.61. The summed E-state index contributed by atoms with van der Waals surface area (Å²) in [6, 6.07) is 10.8. The van der Waals surface area contributed by atoms with E-state index < -0.39 is 11.9 Å². The number of hydroxylamine groups is 1. The standard InChI is InChI=1S/C19H22N4O3/c24-17(23-26)12-21-18(14-7-4-10-20-11-14)19(25)22-16-9-3-6-13-5-1-2-8-15(13)16/h1-2,4-5,7-8,10-11,16,18,21,26H,3,6,9,12H2,(H,22,25)(H,23,24). The van der Waals surface area contributed by atoms with Crippen LogP contribution in [0.1, 0.15) is 41.6 Å². The Labute approximate surface area is 151 Å². The Morgan fingerprint density at radius 2 is 2.08 bits per heavy atom. The van der Waals surface area contributed by atoms with Gasteiger partial charge in [-0.25, -0.2) is 5.48 Å². The van der Waals surface area contributed by atoms with Crippen molar-refractivity contribution in [2.24, 2.45) is 0 Å². The molecule has 1 aromatic carbocycles. The molecule has 0 saturated heterocycles. The van der Waals surface area contributed by atoms with E-state index in [1.807, 2.05) is 18.2 Å². The van der Waals surface area contributed by atoms with E-state index in [0.717, 1.165) is 24.8 Å². The molecule has 4 N–H and O–H groups in total. The molecule has 1 heterocycles. The summed E-state index contributed by atoms with van der Waals surface area (Å²) in [6.07, 6.45) is 6.11. The zero-order chi connectivity index (χ0) is 18.4. The highest BCUT2D eigenvalue weighted by Crippen LogP contribution is 2.30. The molecule has 0 spiro atoms. The molecule has 2 unspecified atom stereocenters. The van der Waals surface area contributed by atoms with Gasteiger partial charge in [0.05, 0.1) is 12.6 Å². The Kier molecular flexibility index (Phi) is 5.93. The first-order chi connectivity index (χ1) is 12.7. The number of carbonyl (C=O) groups is 2. The van der Waals surface area contributed by atoms with Crippen LogP contribution in [-0.2, 0) is 16.0 Å². The second kappa shape index (κ2) is 8.55. The van der Waals surface area contributed by atoms with Crippen LogP contribution < -0.4 is 16.1 Å². The quantitative estimate of drug-likeness (QED) is 0.464. The van der Waals surface area contributed by atoms with Crippen molar-refractivity contribution in [3.8, 4) is 0 Å². The van der Waals surface area contributed by atoms with E-state index in [2.05, 4.69) is 21.7 Å². The molecule has 3 rings (SSSR count). The number of aromatic nitrogens is 1. The van der Waals surface area contributed by atoms with E-state index in [0.29, 0.717) is 5.56 Å². The highest BCUT2D eigenvalue weighted by atomic mass is 16.5. The van der Waals surface area contributed by atoms with Crippen LogP contribution in [0.3, 0.4) is 0 Å². The van der Waals surface area contributed by atoms with Crippen molar-refractivity contribution in [3.63, 3.8) is 0 Å². The first kappa shape index (κ1) is 18.0. The van der Waals surface area contributed by atoms with Gasteiger partial charge in [0.1, 0.15) is 6.04 Å². The molecule has 0 saturated carbocycles. The van der Waals surface area contributed by atoms with Gasteiger partial charge in [-0.05, 0) is 42.0 Å². The van der Waals surface area contributed by atoms with Gasteiger partial charge in [0.25, 0.3) is 5.91 Å². The Morgan fingerprint density at radius 1 is 1.23 bits per heavy atom. The largest absolute Gasteiger partial charge is 0.348 e. The van der Waals surface area contributed by atoms with Gasteiger partial charge in [-0.15, -0.1) is 0 Å². The van der Waals surface area contributed by atoms with Crippen LogP contribution in [0, 0.1) is 0 Å². The molecule has 1 aliphatic carbocycles. The first-order valence-electron chi connectivity index (χ1n) is 8.63. The lowest BCUT2D eigenvalue weighted by atomic mass is 9.87. The van der Waals surface area contributed by atoms with E-state index in [1.165, 1.54) is 5.56 Å². The summed E-state index contributed by atoms with van der Waals surface area (Å²) >= 11 is 0. The maximum atomic E-state index is 12.9. The van der Waals surface area contributed by atoms with Crippen LogP contribution in [0.4, 0.5) is 0 Å². The molecule has 0 aliphatic heterocycles. The van der Waals surface area contributed by atoms with Crippen molar-refractivity contribution in [3.05, 3.63) is 65.5 Å². The van der Waals surface area contributed by atoms with E-state index in [1.54, 1.807) is 30.0 Å². The average Bonchev–Trinajstić information content (AvgIpc) is 2.69. The second-order valence-corrected chi connectivity index (χ2v) is 6.29. The number of amides is 2. The summed E-state index contributed by atoms with van der Waals surface area (Å²) in [4.78, 5) is 28.3. The molecular weight excluding hydrogens is 332 g/mol. The van der Waals surface area contributed by atoms with Crippen LogP contribution in [0.25, 0.3) is 0 Å². The number of fused-ring (bicyclic) bond motifs is 1. The molecule has 136 valence electrons. The highest BCUT2D eigenvalue weighted by Gasteiger charge is 2.26. The third-order valence-corrected chi connectivity index (χ3v) is 4.56. The van der Waals surface area contributed by atoms with Crippen molar-refractivity contribution < 1.29 is 14.8 Å². The van der Waals surface area contributed by atoms with Crippen molar-refractivity contribution in [2.45, 2.75) is 31.3 Å². The molecule has 7 nitrogen and oxygen atoms in total. The fourth-order valence-corrected chi connectivity index (χ4v) is 3.30. The lowest BCUT2D eigenvalue weighted by molar-refractivity contribution is -0.129. The fraction of sp³-hybridized carbons (Fsp3) is 0.316. The van der Waals surface area contributed by atoms with Gasteiger partial charge in [0.2, 0.25) is 5.91 Å². The minimum atomic E-state index is -0.741. The van der Waals surface area contributed by atoms with Crippen molar-refractivity contribution in [2.75, 3.05) is 6.54 Å². The van der Waals surface area contributed by atoms with Crippen LogP contribution in [0.5, 0.6) is 0 Å². The van der Waals surface area contributed by atoms with E-state index >= 15 is 0 Å². The van der Waals surface area contributed by atoms with Gasteiger partial charge in [-0.2, -0.15) is 0 Å². The lowest BCUT2D eigenvalue weighted by Gasteiger charge is -2.28. The van der Waals surface area contributed by atoms with Crippen LogP contribution in [0.2, 0.25) is 0 Å². The van der Waals surface area contributed by atoms with E-state index in [4.69, 9.17) is 5.21 Å². The van der Waals surface area contributed by atoms with Gasteiger partial charge in [0, 0.05) is 12.4 Å². The molecule has 2 atom stereocenters. The maximum Gasteiger partial charge on any atom is 0.257 e. The van der Waals surface area contributed by atoms with Crippen LogP contribution in [0.15, 0.2) is 48.8 Å². The zero-order valence-electron chi connectivity index (χ0n) is 14.3. The number of hydrogen-bond donors (Lipinski definition) is 4. The summed E-state index contributed by atoms with van der Waals surface area (Å²) in [7, 11) is 0. The highest BCUT2D eigenvalue weighted by molar-refractivity contribution is 5.85. The van der Waals surface area contributed by atoms with Crippen LogP contribution in [-0.4, -0.2) is 28.6 Å². The summed E-state index contributed by atoms with van der Waals surface area (Å²) < 4.78 is 0. The number of aryl methyl sites for hydroxylation is 1. The second-order valence-electron chi connectivity index (χ2n) is 6.29. The van der Waals surface area contributed by atoms with Crippen molar-refractivity contribution in [1.82, 2.24) is 21.1 Å². The maximum absolute atomic E-state index is 12.9. The number of nitrogens with zero attached hydrogens (tertiary/aromatic N) is 1. The first-order valence-corrected chi connectivity index (χ1v) is 8.63. The number of hydrogen-bond acceptors (Lipinski definition) is 5.